The number of ether oxygens (including phenoxy) is 1. The first-order valence-corrected chi connectivity index (χ1v) is 8.77. The molecule has 28 heavy (non-hydrogen) atoms. The molecule has 0 unspecified atom stereocenters. The van der Waals surface area contributed by atoms with Crippen molar-refractivity contribution in [1.82, 2.24) is 16.2 Å². The van der Waals surface area contributed by atoms with E-state index in [-0.39, 0.29) is 25.7 Å². The number of carbonyl (C=O) groups is 2. The molecule has 0 bridgehead atoms. The van der Waals surface area contributed by atoms with Gasteiger partial charge in [-0.05, 0) is 30.3 Å². The van der Waals surface area contributed by atoms with Crippen LogP contribution in [0, 0.1) is 5.82 Å². The molecule has 10 heteroatoms. The molecule has 1 atom stereocenters. The van der Waals surface area contributed by atoms with Gasteiger partial charge in [0.15, 0.2) is 0 Å². The van der Waals surface area contributed by atoms with Crippen LogP contribution in [0.1, 0.15) is 12.7 Å². The molecule has 2 amide bonds. The number of hydrogen-bond acceptors (Lipinski definition) is 7. The van der Waals surface area contributed by atoms with Crippen LogP contribution in [-0.4, -0.2) is 37.9 Å². The first-order chi connectivity index (χ1) is 13.5. The molecule has 3 rings (SSSR count). The van der Waals surface area contributed by atoms with Crippen molar-refractivity contribution in [2.75, 3.05) is 30.0 Å². The Labute approximate surface area is 161 Å². The van der Waals surface area contributed by atoms with Crippen molar-refractivity contribution in [2.24, 2.45) is 0 Å². The molecule has 1 aliphatic rings. The molecule has 0 saturated carbocycles. The van der Waals surface area contributed by atoms with Gasteiger partial charge in [0.2, 0.25) is 5.91 Å². The second-order valence-electron chi connectivity index (χ2n) is 6.18. The molecule has 4 N–H and O–H groups in total. The number of hydrogen-bond donors (Lipinski definition) is 4. The number of hydrazine groups is 1. The Morgan fingerprint density at radius 3 is 2.89 bits per heavy atom. The Morgan fingerprint density at radius 1 is 1.32 bits per heavy atom. The molecule has 1 aromatic heterocycles. The average Bonchev–Trinajstić information content (AvgIpc) is 3.30. The van der Waals surface area contributed by atoms with Gasteiger partial charge in [0, 0.05) is 6.92 Å². The van der Waals surface area contributed by atoms with E-state index >= 15 is 0 Å². The van der Waals surface area contributed by atoms with Crippen LogP contribution in [0.25, 0.3) is 0 Å². The quantitative estimate of drug-likeness (QED) is 0.292. The minimum absolute atomic E-state index is 0.205. The zero-order valence-corrected chi connectivity index (χ0v) is 15.3. The van der Waals surface area contributed by atoms with E-state index in [9.17, 15) is 14.0 Å². The van der Waals surface area contributed by atoms with Gasteiger partial charge in [-0.3, -0.25) is 9.69 Å². The van der Waals surface area contributed by atoms with Crippen LogP contribution in [0.3, 0.4) is 0 Å². The molecule has 0 aliphatic carbocycles. The molecular weight excluding hydrogens is 369 g/mol. The predicted molar refractivity (Wildman–Crippen MR) is 99.9 cm³/mol. The molecular formula is C18H22FN5O4. The topological polar surface area (TPSA) is 108 Å². The predicted octanol–water partition coefficient (Wildman–Crippen LogP) is 1.54. The van der Waals surface area contributed by atoms with Crippen LogP contribution < -0.4 is 26.4 Å². The standard InChI is InChI=1S/C18H22FN5O4/c1-12(25)20-8-15-10-24(18(26)28-15)13-4-5-17(16(19)7-13)21-11-23-22-9-14-3-2-6-27-14/h2-7,15,21-23H,8-11H2,1H3,(H,20,25)/t15-/m0/s1. The summed E-state index contributed by atoms with van der Waals surface area (Å²) in [7, 11) is 0. The van der Waals surface area contributed by atoms with E-state index in [0.29, 0.717) is 17.9 Å². The van der Waals surface area contributed by atoms with Crippen molar-refractivity contribution >= 4 is 23.4 Å². The highest BCUT2D eigenvalue weighted by molar-refractivity contribution is 5.90. The minimum Gasteiger partial charge on any atom is -0.468 e. The van der Waals surface area contributed by atoms with E-state index in [2.05, 4.69) is 21.5 Å². The van der Waals surface area contributed by atoms with Crippen LogP contribution in [0.5, 0.6) is 0 Å². The highest BCUT2D eigenvalue weighted by Crippen LogP contribution is 2.25. The van der Waals surface area contributed by atoms with E-state index in [1.807, 2.05) is 6.07 Å². The third kappa shape index (κ3) is 5.21. The summed E-state index contributed by atoms with van der Waals surface area (Å²) in [6, 6.07) is 8.08. The van der Waals surface area contributed by atoms with Crippen molar-refractivity contribution in [1.29, 1.82) is 0 Å². The summed E-state index contributed by atoms with van der Waals surface area (Å²) in [5.74, 6) is 0.0732. The van der Waals surface area contributed by atoms with E-state index in [1.54, 1.807) is 24.5 Å². The maximum absolute atomic E-state index is 14.4. The number of cyclic esters (lactones) is 1. The van der Waals surface area contributed by atoms with Crippen molar-refractivity contribution in [2.45, 2.75) is 19.6 Å². The number of carbonyl (C=O) groups excluding carboxylic acids is 2. The van der Waals surface area contributed by atoms with Crippen LogP contribution in [0.15, 0.2) is 41.0 Å². The maximum Gasteiger partial charge on any atom is 0.414 e. The van der Waals surface area contributed by atoms with Gasteiger partial charge in [-0.1, -0.05) is 0 Å². The Kier molecular flexibility index (Phi) is 6.45. The fourth-order valence-corrected chi connectivity index (χ4v) is 2.68. The van der Waals surface area contributed by atoms with Gasteiger partial charge in [0.05, 0.1) is 43.9 Å². The third-order valence-corrected chi connectivity index (χ3v) is 4.05. The van der Waals surface area contributed by atoms with Gasteiger partial charge in [0.25, 0.3) is 0 Å². The zero-order chi connectivity index (χ0) is 19.9. The fourth-order valence-electron chi connectivity index (χ4n) is 2.68. The number of nitrogens with zero attached hydrogens (tertiary/aromatic N) is 1. The number of benzene rings is 1. The maximum atomic E-state index is 14.4. The number of halogens is 1. The normalized spacial score (nSPS) is 16.1. The zero-order valence-electron chi connectivity index (χ0n) is 15.3. The van der Waals surface area contributed by atoms with Gasteiger partial charge < -0.3 is 19.8 Å². The molecule has 150 valence electrons. The molecule has 1 saturated heterocycles. The minimum atomic E-state index is -0.570. The van der Waals surface area contributed by atoms with E-state index in [1.165, 1.54) is 17.9 Å². The third-order valence-electron chi connectivity index (χ3n) is 4.05. The molecule has 2 aromatic rings. The molecule has 1 aliphatic heterocycles. The van der Waals surface area contributed by atoms with E-state index in [4.69, 9.17) is 9.15 Å². The summed E-state index contributed by atoms with van der Waals surface area (Å²) in [4.78, 5) is 24.3. The highest BCUT2D eigenvalue weighted by Gasteiger charge is 2.32. The first-order valence-electron chi connectivity index (χ1n) is 8.77. The lowest BCUT2D eigenvalue weighted by atomic mass is 10.2. The molecule has 2 heterocycles. The Bertz CT molecular complexity index is 814. The summed E-state index contributed by atoms with van der Waals surface area (Å²) in [5.41, 5.74) is 6.52. The Balaban J connectivity index is 1.48. The Morgan fingerprint density at radius 2 is 2.18 bits per heavy atom. The summed E-state index contributed by atoms with van der Waals surface area (Å²) >= 11 is 0. The molecule has 0 spiro atoms. The lowest BCUT2D eigenvalue weighted by molar-refractivity contribution is -0.119. The van der Waals surface area contributed by atoms with Crippen molar-refractivity contribution in [3.8, 4) is 0 Å². The smallest absolute Gasteiger partial charge is 0.414 e. The second kappa shape index (κ2) is 9.20. The van der Waals surface area contributed by atoms with Gasteiger partial charge in [0.1, 0.15) is 17.7 Å². The molecule has 9 nitrogen and oxygen atoms in total. The largest absolute Gasteiger partial charge is 0.468 e. The average molecular weight is 391 g/mol. The lowest BCUT2D eigenvalue weighted by Crippen LogP contribution is -2.35. The van der Waals surface area contributed by atoms with Gasteiger partial charge in [-0.25, -0.2) is 20.0 Å². The fraction of sp³-hybridized carbons (Fsp3) is 0.333. The number of rotatable bonds is 9. The van der Waals surface area contributed by atoms with Crippen molar-refractivity contribution < 1.29 is 23.1 Å². The molecule has 1 aromatic carbocycles. The lowest BCUT2D eigenvalue weighted by Gasteiger charge is -2.15. The van der Waals surface area contributed by atoms with Gasteiger partial charge >= 0.3 is 6.09 Å². The van der Waals surface area contributed by atoms with Crippen LogP contribution in [0.2, 0.25) is 0 Å². The number of nitrogens with one attached hydrogen (secondary N) is 4. The van der Waals surface area contributed by atoms with Gasteiger partial charge in [-0.15, -0.1) is 0 Å². The van der Waals surface area contributed by atoms with E-state index in [0.717, 1.165) is 5.76 Å². The van der Waals surface area contributed by atoms with Crippen LogP contribution in [-0.2, 0) is 16.1 Å². The van der Waals surface area contributed by atoms with Crippen LogP contribution >= 0.6 is 0 Å². The van der Waals surface area contributed by atoms with E-state index < -0.39 is 18.0 Å². The summed E-state index contributed by atoms with van der Waals surface area (Å²) < 4.78 is 24.7. The Hall–Kier alpha value is -3.11. The number of amides is 2. The van der Waals surface area contributed by atoms with Gasteiger partial charge in [-0.2, -0.15) is 0 Å². The van der Waals surface area contributed by atoms with Crippen LogP contribution in [0.4, 0.5) is 20.6 Å². The molecule has 1 fully saturated rings. The first kappa shape index (κ1) is 19.6. The summed E-state index contributed by atoms with van der Waals surface area (Å²) in [5, 5.41) is 5.50. The van der Waals surface area contributed by atoms with Crippen molar-refractivity contribution in [3.63, 3.8) is 0 Å². The summed E-state index contributed by atoms with van der Waals surface area (Å²) in [6.45, 7) is 2.62. The number of anilines is 2. The SMILES string of the molecule is CC(=O)NC[C@H]1CN(c2ccc(NCNNCc3ccco3)c(F)c2)C(=O)O1. The van der Waals surface area contributed by atoms with Crippen molar-refractivity contribution in [3.05, 3.63) is 48.2 Å². The number of furan rings is 1. The summed E-state index contributed by atoms with van der Waals surface area (Å²) in [6.07, 6.45) is 0.547. The highest BCUT2D eigenvalue weighted by atomic mass is 19.1. The molecule has 0 radical (unpaired) electrons. The monoisotopic (exact) mass is 391 g/mol. The second-order valence-corrected chi connectivity index (χ2v) is 6.18.